The number of furan rings is 1. The van der Waals surface area contributed by atoms with Gasteiger partial charge < -0.3 is 18.7 Å². The fraction of sp³-hybridized carbons (Fsp3) is 0.138. The third kappa shape index (κ3) is 4.45. The molecule has 0 unspecified atom stereocenters. The van der Waals surface area contributed by atoms with Crippen molar-refractivity contribution in [1.29, 1.82) is 0 Å². The van der Waals surface area contributed by atoms with Crippen LogP contribution in [0.4, 0.5) is 0 Å². The van der Waals surface area contributed by atoms with Crippen LogP contribution in [0.2, 0.25) is 5.02 Å². The predicted molar refractivity (Wildman–Crippen MR) is 149 cm³/mol. The summed E-state index contributed by atoms with van der Waals surface area (Å²) < 4.78 is 20.8. The molecule has 1 aliphatic rings. The summed E-state index contributed by atoms with van der Waals surface area (Å²) in [6.07, 6.45) is 4.81. The molecule has 5 heterocycles. The molecule has 1 aliphatic heterocycles. The molecular weight excluding hydrogens is 546 g/mol. The molecule has 4 aromatic heterocycles. The Balaban J connectivity index is 1.24. The van der Waals surface area contributed by atoms with Crippen molar-refractivity contribution in [2.45, 2.75) is 19.4 Å². The van der Waals surface area contributed by atoms with Crippen molar-refractivity contribution in [3.63, 3.8) is 0 Å². The van der Waals surface area contributed by atoms with E-state index in [1.54, 1.807) is 35.1 Å². The molecule has 0 N–H and O–H groups in total. The number of aromatic nitrogens is 6. The Morgan fingerprint density at radius 2 is 1.88 bits per heavy atom. The van der Waals surface area contributed by atoms with Crippen molar-refractivity contribution in [2.24, 2.45) is 5.16 Å². The molecule has 0 radical (unpaired) electrons. The minimum absolute atomic E-state index is 0.0637. The highest BCUT2D eigenvalue weighted by molar-refractivity contribution is 6.30. The summed E-state index contributed by atoms with van der Waals surface area (Å²) in [7, 11) is 1.62. The Morgan fingerprint density at radius 3 is 2.63 bits per heavy atom. The van der Waals surface area contributed by atoms with Gasteiger partial charge in [-0.05, 0) is 73.2 Å². The largest absolute Gasteiger partial charge is 0.497 e. The zero-order chi connectivity index (χ0) is 27.9. The van der Waals surface area contributed by atoms with Crippen LogP contribution >= 0.6 is 11.6 Å². The second kappa shape index (κ2) is 10.1. The van der Waals surface area contributed by atoms with E-state index in [0.717, 1.165) is 28.3 Å². The number of fused-ring (bicyclic) bond motifs is 4. The Bertz CT molecular complexity index is 1880. The molecule has 11 nitrogen and oxygen atoms in total. The summed E-state index contributed by atoms with van der Waals surface area (Å²) in [5.74, 6) is 2.46. The lowest BCUT2D eigenvalue weighted by atomic mass is 9.88. The fourth-order valence-corrected chi connectivity index (χ4v) is 4.99. The van der Waals surface area contributed by atoms with E-state index in [1.165, 1.54) is 0 Å². The number of ether oxygens (including phenoxy) is 2. The van der Waals surface area contributed by atoms with Gasteiger partial charge in [0.2, 0.25) is 11.8 Å². The first-order valence-electron chi connectivity index (χ1n) is 12.7. The molecule has 0 fully saturated rings. The first kappa shape index (κ1) is 24.9. The topological polar surface area (TPSA) is 114 Å². The molecule has 12 heteroatoms. The number of methoxy groups -OCH3 is 1. The molecule has 2 aromatic carbocycles. The van der Waals surface area contributed by atoms with Crippen molar-refractivity contribution in [3.05, 3.63) is 112 Å². The maximum absolute atomic E-state index is 6.39. The van der Waals surface area contributed by atoms with E-state index in [2.05, 4.69) is 15.2 Å². The monoisotopic (exact) mass is 567 g/mol. The van der Waals surface area contributed by atoms with E-state index in [-0.39, 0.29) is 12.5 Å². The third-order valence-corrected chi connectivity index (χ3v) is 7.00. The Labute approximate surface area is 238 Å². The average molecular weight is 568 g/mol. The minimum atomic E-state index is -0.382. The number of nitrogens with zero attached hydrogens (tertiary/aromatic N) is 7. The molecule has 0 aliphatic carbocycles. The molecule has 204 valence electrons. The number of oxime groups is 1. The highest BCUT2D eigenvalue weighted by Crippen LogP contribution is 2.49. The van der Waals surface area contributed by atoms with Gasteiger partial charge in [0.15, 0.2) is 18.1 Å². The summed E-state index contributed by atoms with van der Waals surface area (Å²) in [6, 6.07) is 18.6. The van der Waals surface area contributed by atoms with Crippen LogP contribution in [-0.2, 0) is 11.4 Å². The number of benzene rings is 2. The number of rotatable bonds is 7. The molecule has 0 saturated heterocycles. The summed E-state index contributed by atoms with van der Waals surface area (Å²) in [4.78, 5) is 14.8. The summed E-state index contributed by atoms with van der Waals surface area (Å²) >= 11 is 6.12. The molecule has 0 bridgehead atoms. The lowest BCUT2D eigenvalue weighted by Crippen LogP contribution is -2.15. The van der Waals surface area contributed by atoms with Gasteiger partial charge in [0.05, 0.1) is 48.0 Å². The summed E-state index contributed by atoms with van der Waals surface area (Å²) in [5.41, 5.74) is 4.59. The van der Waals surface area contributed by atoms with Gasteiger partial charge >= 0.3 is 0 Å². The number of hydrogen-bond donors (Lipinski definition) is 0. The second-order valence-corrected chi connectivity index (χ2v) is 9.72. The van der Waals surface area contributed by atoms with Crippen LogP contribution < -0.4 is 9.47 Å². The number of hydrogen-bond acceptors (Lipinski definition) is 9. The van der Waals surface area contributed by atoms with Crippen molar-refractivity contribution in [1.82, 2.24) is 29.4 Å². The normalized spacial score (nSPS) is 14.2. The van der Waals surface area contributed by atoms with Crippen LogP contribution in [0.15, 0.2) is 82.8 Å². The maximum atomic E-state index is 6.39. The smallest absolute Gasteiger partial charge is 0.230 e. The first-order chi connectivity index (χ1) is 20.1. The van der Waals surface area contributed by atoms with Crippen LogP contribution in [0, 0.1) is 6.92 Å². The van der Waals surface area contributed by atoms with Gasteiger partial charge in [-0.2, -0.15) is 5.10 Å². The minimum Gasteiger partial charge on any atom is -0.497 e. The van der Waals surface area contributed by atoms with Crippen LogP contribution in [0.25, 0.3) is 11.3 Å². The van der Waals surface area contributed by atoms with Crippen LogP contribution in [0.5, 0.6) is 17.5 Å². The van der Waals surface area contributed by atoms with Crippen molar-refractivity contribution in [3.8, 4) is 23.2 Å². The molecule has 7 rings (SSSR count). The van der Waals surface area contributed by atoms with Crippen molar-refractivity contribution < 1.29 is 18.7 Å². The second-order valence-electron chi connectivity index (χ2n) is 9.28. The molecule has 1 atom stereocenters. The highest BCUT2D eigenvalue weighted by atomic mass is 35.5. The predicted octanol–water partition coefficient (Wildman–Crippen LogP) is 5.71. The Kier molecular flexibility index (Phi) is 6.12. The fourth-order valence-electron chi connectivity index (χ4n) is 4.86. The van der Waals surface area contributed by atoms with Gasteiger partial charge in [0.25, 0.3) is 0 Å². The SMILES string of the molecule is COc1ccc(/C=N/OCc2nc3c4c(ncn3n2)Oc2c(c(C)nn2-c2ccc(Cl)cc2)[C@@H]4c2ccco2)cc1. The van der Waals surface area contributed by atoms with E-state index in [1.807, 2.05) is 67.6 Å². The van der Waals surface area contributed by atoms with Gasteiger partial charge in [-0.1, -0.05) is 16.8 Å². The zero-order valence-corrected chi connectivity index (χ0v) is 22.7. The standard InChI is InChI=1S/C29H22ClN7O4/c1-17-24-25(22-4-3-13-39-22)26-27-33-23(15-40-32-14-18-5-11-21(38-2)12-6-18)35-36(27)16-31-28(26)41-29(24)37(34-17)20-9-7-19(30)8-10-20/h3-14,16,25H,15H2,1-2H3/b32-14+/t25-/m0/s1. The molecule has 0 saturated carbocycles. The van der Waals surface area contributed by atoms with E-state index < -0.39 is 0 Å². The Morgan fingerprint density at radius 1 is 1.05 bits per heavy atom. The first-order valence-corrected chi connectivity index (χ1v) is 13.1. The number of halogens is 1. The van der Waals surface area contributed by atoms with Crippen LogP contribution in [-0.4, -0.2) is 42.7 Å². The van der Waals surface area contributed by atoms with E-state index in [4.69, 9.17) is 40.4 Å². The van der Waals surface area contributed by atoms with Crippen LogP contribution in [0.3, 0.4) is 0 Å². The highest BCUT2D eigenvalue weighted by Gasteiger charge is 2.39. The third-order valence-electron chi connectivity index (χ3n) is 6.75. The van der Waals surface area contributed by atoms with Crippen molar-refractivity contribution in [2.75, 3.05) is 7.11 Å². The number of aryl methyl sites for hydroxylation is 1. The van der Waals surface area contributed by atoms with Crippen LogP contribution in [0.1, 0.15) is 39.9 Å². The summed E-state index contributed by atoms with van der Waals surface area (Å²) in [5, 5.41) is 14.0. The molecule has 41 heavy (non-hydrogen) atoms. The lowest BCUT2D eigenvalue weighted by Gasteiger charge is -2.24. The molecular formula is C29H22ClN7O4. The van der Waals surface area contributed by atoms with E-state index in [9.17, 15) is 0 Å². The zero-order valence-electron chi connectivity index (χ0n) is 21.9. The van der Waals surface area contributed by atoms with E-state index >= 15 is 0 Å². The van der Waals surface area contributed by atoms with Gasteiger partial charge in [-0.15, -0.1) is 5.10 Å². The molecule has 0 spiro atoms. The summed E-state index contributed by atoms with van der Waals surface area (Å²) in [6.45, 7) is 2.00. The molecule has 0 amide bonds. The maximum Gasteiger partial charge on any atom is 0.230 e. The van der Waals surface area contributed by atoms with Gasteiger partial charge in [0, 0.05) is 5.02 Å². The average Bonchev–Trinajstić information content (AvgIpc) is 3.74. The van der Waals surface area contributed by atoms with Gasteiger partial charge in [0.1, 0.15) is 17.8 Å². The lowest BCUT2D eigenvalue weighted by molar-refractivity contribution is 0.126. The van der Waals surface area contributed by atoms with Gasteiger partial charge in [-0.25, -0.2) is 19.2 Å². The Hall–Kier alpha value is -5.16. The quantitative estimate of drug-likeness (QED) is 0.178. The van der Waals surface area contributed by atoms with Gasteiger partial charge in [-0.3, -0.25) is 0 Å². The molecule has 6 aromatic rings. The van der Waals surface area contributed by atoms with Crippen molar-refractivity contribution >= 4 is 23.5 Å². The van der Waals surface area contributed by atoms with E-state index in [0.29, 0.717) is 39.6 Å².